The summed E-state index contributed by atoms with van der Waals surface area (Å²) in [5.74, 6) is -8.82. The molecule has 128 heavy (non-hydrogen) atoms. The predicted molar refractivity (Wildman–Crippen MR) is 466 cm³/mol. The van der Waals surface area contributed by atoms with E-state index >= 15 is 0 Å². The zero-order valence-electron chi connectivity index (χ0n) is 76.1. The number of nitrogens with zero attached hydrogens (tertiary/aromatic N) is 4. The molecule has 4 heterocycles. The van der Waals surface area contributed by atoms with Crippen molar-refractivity contribution in [3.05, 3.63) is 166 Å². The van der Waals surface area contributed by atoms with E-state index in [9.17, 15) is 81.0 Å². The molecule has 4 aliphatic heterocycles. The van der Waals surface area contributed by atoms with E-state index in [1.54, 1.807) is 126 Å². The number of fused-ring (bicyclic) bond motifs is 14. The van der Waals surface area contributed by atoms with Crippen molar-refractivity contribution in [3.8, 4) is 46.0 Å². The van der Waals surface area contributed by atoms with E-state index in [0.29, 0.717) is 62.3 Å². The normalized spacial score (nSPS) is 16.9. The Labute approximate surface area is 743 Å². The number of carbonyl (C=O) groups is 14. The third kappa shape index (κ3) is 28.9. The van der Waals surface area contributed by atoms with Crippen LogP contribution in [0.1, 0.15) is 136 Å². The number of ether oxygens (including phenoxy) is 8. The van der Waals surface area contributed by atoms with Crippen LogP contribution < -0.4 is 60.3 Å². The van der Waals surface area contributed by atoms with Gasteiger partial charge in [-0.05, 0) is 222 Å². The molecule has 33 nitrogen and oxygen atoms in total. The summed E-state index contributed by atoms with van der Waals surface area (Å²) < 4.78 is 73.3. The number of halogens is 2. The lowest BCUT2D eigenvalue weighted by molar-refractivity contribution is -0.146. The van der Waals surface area contributed by atoms with Crippen LogP contribution in [0.2, 0.25) is 0 Å². The van der Waals surface area contributed by atoms with Gasteiger partial charge in [-0.15, -0.1) is 0 Å². The highest BCUT2D eigenvalue weighted by atomic mass is 19.1. The third-order valence-electron chi connectivity index (χ3n) is 21.5. The highest BCUT2D eigenvalue weighted by Crippen LogP contribution is 2.37. The molecule has 0 unspecified atom stereocenters. The Bertz CT molecular complexity index is 4730. The number of hydrogen-bond donors (Lipinski definition) is 7. The number of methoxy groups -OCH3 is 4. The molecule has 0 fully saturated rings. The molecule has 0 radical (unpaired) electrons. The molecule has 0 saturated heterocycles. The molecule has 0 saturated carbocycles. The van der Waals surface area contributed by atoms with E-state index < -0.39 is 173 Å². The molecular weight excluding hydrogens is 1660 g/mol. The van der Waals surface area contributed by atoms with Gasteiger partial charge in [0, 0.05) is 59.8 Å². The largest absolute Gasteiger partial charge is 0.494 e. The molecule has 10 amide bonds. The fraction of sp³-hybridized carbons (Fsp3) is 0.462. The van der Waals surface area contributed by atoms with Crippen LogP contribution in [0.3, 0.4) is 0 Å². The summed E-state index contributed by atoms with van der Waals surface area (Å²) >= 11 is 0. The first kappa shape index (κ1) is 102. The first-order valence-corrected chi connectivity index (χ1v) is 41.6. The van der Waals surface area contributed by atoms with Crippen LogP contribution in [0, 0.1) is 23.5 Å². The van der Waals surface area contributed by atoms with Crippen LogP contribution in [0.5, 0.6) is 46.0 Å². The first-order chi connectivity index (χ1) is 60.0. The molecule has 0 spiro atoms. The Morgan fingerprint density at radius 2 is 0.719 bits per heavy atom. The van der Waals surface area contributed by atoms with Crippen molar-refractivity contribution in [1.82, 2.24) is 51.5 Å². The van der Waals surface area contributed by atoms with Gasteiger partial charge >= 0.3 is 18.2 Å². The summed E-state index contributed by atoms with van der Waals surface area (Å²) in [5.41, 5.74) is 1.62. The molecule has 35 heteroatoms. The number of carbonyl (C=O) groups excluding carboxylic acids is 13. The minimum absolute atomic E-state index is 0.00138. The Morgan fingerprint density at radius 3 is 1.04 bits per heavy atom. The van der Waals surface area contributed by atoms with Gasteiger partial charge in [0.2, 0.25) is 47.3 Å². The Balaban J connectivity index is 0.000000351. The topological polar surface area (TPSA) is 418 Å². The minimum atomic E-state index is -1.37. The molecule has 692 valence electrons. The van der Waals surface area contributed by atoms with Crippen molar-refractivity contribution in [1.29, 1.82) is 0 Å². The number of carboxylic acids is 1. The Hall–Kier alpha value is -13.2. The van der Waals surface area contributed by atoms with Crippen molar-refractivity contribution in [3.63, 3.8) is 0 Å². The fourth-order valence-corrected chi connectivity index (χ4v) is 14.2. The van der Waals surface area contributed by atoms with Crippen molar-refractivity contribution in [2.75, 3.05) is 56.6 Å². The average Bonchev–Trinajstić information content (AvgIpc) is 0.822. The lowest BCUT2D eigenvalue weighted by Crippen LogP contribution is -2.58. The summed E-state index contributed by atoms with van der Waals surface area (Å²) in [7, 11) is 11.1. The van der Waals surface area contributed by atoms with Crippen LogP contribution >= 0.6 is 0 Å². The van der Waals surface area contributed by atoms with E-state index in [1.165, 1.54) is 139 Å². The number of carboxylic acid groups (broad SMARTS) is 1. The number of hydrogen-bond acceptors (Lipinski definition) is 22. The number of amides is 10. The van der Waals surface area contributed by atoms with Gasteiger partial charge in [-0.2, -0.15) is 0 Å². The number of rotatable bonds is 28. The molecule has 7 N–H and O–H groups in total. The van der Waals surface area contributed by atoms with Gasteiger partial charge in [0.15, 0.2) is 57.7 Å². The van der Waals surface area contributed by atoms with Crippen LogP contribution in [-0.2, 0) is 106 Å². The van der Waals surface area contributed by atoms with Crippen LogP contribution in [0.15, 0.2) is 121 Å². The van der Waals surface area contributed by atoms with Gasteiger partial charge in [-0.1, -0.05) is 48.5 Å². The Kier molecular flexibility index (Phi) is 36.0. The summed E-state index contributed by atoms with van der Waals surface area (Å²) in [5, 5.41) is 25.4. The average molecular weight is 1780 g/mol. The standard InChI is InChI=1S/C47H60FN5O11.C46H58FN5O12/c1-26(51-46(60)64-47(5,6)7)42(56)49-27(2)45(59)53(9)37(23-32-14-18-39(61-10)35(48)21-32)43(57)50-28(3)44(58)52(8)36-22-30-12-16-34(17-13-30)63-41-24-31(15-19-40(41)62-11)20-33(29(4)54)25-38(36)55;1-25(50-45(60)64-46(4,5)6)40(54)48-26(2)43(57)52(8)35(22-30-13-17-37(61-9)33(47)20-30)41(55)49-27(3)42(56)51(7)34-21-28-11-15-32(16-12-28)63-39-23-29(14-18-38(39)62-10)19-31(44(58)59)24-36(34)53/h12-19,21,24,26-28,33,36-37H,20,22-23,25H2,1-11H3,(H,49,56)(H,50,57)(H,51,60);11-18,20,23,25-27,31,34-35H,19,21-22,24H2,1-10H3,(H,48,54)(H,49,55)(H,50,60)(H,58,59)/t26-,27+,28+,33-,36+,37+;25-,26+,27+,31-,34+,35+/m11/s1. The van der Waals surface area contributed by atoms with E-state index in [-0.39, 0.29) is 68.0 Å². The second-order valence-electron chi connectivity index (χ2n) is 33.8. The van der Waals surface area contributed by atoms with Gasteiger partial charge in [-0.25, -0.2) is 18.4 Å². The summed E-state index contributed by atoms with van der Waals surface area (Å²) in [4.78, 5) is 193. The van der Waals surface area contributed by atoms with Gasteiger partial charge in [0.1, 0.15) is 76.8 Å². The number of Topliss-reactive ketones (excluding diaryl/α,β-unsaturated/α-hetero) is 3. The maximum Gasteiger partial charge on any atom is 0.408 e. The lowest BCUT2D eigenvalue weighted by Gasteiger charge is -2.33. The number of likely N-dealkylation sites (N-methyl/N-ethyl adjacent to an activating group) is 4. The van der Waals surface area contributed by atoms with Crippen molar-refractivity contribution in [2.24, 2.45) is 11.8 Å². The molecule has 6 aromatic rings. The number of nitrogens with one attached hydrogen (secondary N) is 6. The third-order valence-corrected chi connectivity index (χ3v) is 21.5. The van der Waals surface area contributed by atoms with Gasteiger partial charge in [0.25, 0.3) is 0 Å². The van der Waals surface area contributed by atoms with Crippen molar-refractivity contribution < 1.29 is 119 Å². The summed E-state index contributed by atoms with van der Waals surface area (Å²) in [6, 6.07) is 20.1. The molecule has 0 aliphatic carbocycles. The van der Waals surface area contributed by atoms with E-state index in [2.05, 4.69) is 31.9 Å². The highest BCUT2D eigenvalue weighted by Gasteiger charge is 2.40. The summed E-state index contributed by atoms with van der Waals surface area (Å²) in [6.07, 6.45) is -2.44. The summed E-state index contributed by atoms with van der Waals surface area (Å²) in [6.45, 7) is 19.8. The van der Waals surface area contributed by atoms with Gasteiger partial charge in [-0.3, -0.25) is 57.5 Å². The first-order valence-electron chi connectivity index (χ1n) is 41.6. The second-order valence-corrected chi connectivity index (χ2v) is 33.8. The SMILES string of the molecule is COc1ccc(C[C@@H](C(=O)N[C@@H](C)C(=O)N(C)[C@H]2Cc3ccc(cc3)Oc3cc(ccc3OC)C[C@@H](C(=O)O)CC2=O)N(C)C(=O)[C@H](C)NC(=O)[C@@H](C)NC(=O)OC(C)(C)C)cc1F.COc1ccc(C[C@@H](C(=O)N[C@@H](C)C(=O)N(C)[C@H]2Cc3ccc(cc3)Oc3cc(ccc3OC)C[C@@H](C(C)=O)CC2=O)N(C)C(=O)[C@H](C)NC(=O)[C@@H](C)NC(=O)OC(C)(C)C)cc1F. The van der Waals surface area contributed by atoms with E-state index in [1.807, 2.05) is 0 Å². The maximum absolute atomic E-state index is 14.9. The smallest absolute Gasteiger partial charge is 0.408 e. The molecule has 0 aromatic heterocycles. The van der Waals surface area contributed by atoms with E-state index in [0.717, 1.165) is 27.5 Å². The lowest BCUT2D eigenvalue weighted by atomic mass is 9.87. The highest BCUT2D eigenvalue weighted by molar-refractivity contribution is 5.99. The van der Waals surface area contributed by atoms with Crippen molar-refractivity contribution >= 4 is 82.8 Å². The molecule has 10 rings (SSSR count). The predicted octanol–water partition coefficient (Wildman–Crippen LogP) is 8.93. The van der Waals surface area contributed by atoms with Gasteiger partial charge < -0.3 is 94.5 Å². The Morgan fingerprint density at radius 1 is 0.406 bits per heavy atom. The number of ketones is 3. The van der Waals surface area contributed by atoms with Gasteiger partial charge in [0.05, 0.1) is 46.4 Å². The monoisotopic (exact) mass is 1780 g/mol. The molecule has 12 atom stereocenters. The van der Waals surface area contributed by atoms with E-state index in [4.69, 9.17) is 37.9 Å². The molecule has 6 aromatic carbocycles. The van der Waals surface area contributed by atoms with Crippen molar-refractivity contribution in [2.45, 2.75) is 213 Å². The molecule has 8 bridgehead atoms. The zero-order valence-corrected chi connectivity index (χ0v) is 76.1. The zero-order chi connectivity index (χ0) is 95.3. The molecule has 4 aliphatic rings. The maximum atomic E-state index is 14.9. The quantitative estimate of drug-likeness (QED) is 0.0241. The number of alkyl carbamates (subject to hydrolysis) is 2. The number of aliphatic carboxylic acids is 1. The van der Waals surface area contributed by atoms with Crippen LogP contribution in [0.4, 0.5) is 18.4 Å². The fourth-order valence-electron chi connectivity index (χ4n) is 14.2. The van der Waals surface area contributed by atoms with Crippen LogP contribution in [-0.4, -0.2) is 236 Å². The minimum Gasteiger partial charge on any atom is -0.494 e. The van der Waals surface area contributed by atoms with Crippen LogP contribution in [0.25, 0.3) is 0 Å². The second kappa shape index (κ2) is 45.3. The molecular formula is C93H118F2N10O23. The number of benzene rings is 6.